The summed E-state index contributed by atoms with van der Waals surface area (Å²) in [6, 6.07) is 0.637. The van der Waals surface area contributed by atoms with Gasteiger partial charge in [-0.2, -0.15) is 11.8 Å². The van der Waals surface area contributed by atoms with Crippen LogP contribution in [0.2, 0.25) is 0 Å². The molecule has 13 heavy (non-hydrogen) atoms. The number of aliphatic hydroxyl groups is 1. The largest absolute Gasteiger partial charge is 0.392 e. The first-order valence-corrected chi connectivity index (χ1v) is 6.35. The second-order valence-electron chi connectivity index (χ2n) is 4.28. The molecule has 0 bridgehead atoms. The number of rotatable bonds is 4. The Hall–Kier alpha value is 0.270. The van der Waals surface area contributed by atoms with Crippen LogP contribution >= 0.6 is 11.8 Å². The van der Waals surface area contributed by atoms with Gasteiger partial charge in [-0.3, -0.25) is 0 Å². The number of nitrogens with one attached hydrogen (secondary N) is 1. The zero-order chi connectivity index (χ0) is 9.26. The molecule has 0 spiro atoms. The molecule has 2 N–H and O–H groups in total. The van der Waals surface area contributed by atoms with Crippen molar-refractivity contribution in [3.05, 3.63) is 0 Å². The van der Waals surface area contributed by atoms with Crippen LogP contribution in [0.5, 0.6) is 0 Å². The molecular formula is C10H19NOS. The predicted octanol–water partition coefficient (Wildman–Crippen LogP) is 1.24. The van der Waals surface area contributed by atoms with Crippen molar-refractivity contribution in [2.75, 3.05) is 12.3 Å². The predicted molar refractivity (Wildman–Crippen MR) is 57.1 cm³/mol. The van der Waals surface area contributed by atoms with Crippen LogP contribution in [0.1, 0.15) is 26.2 Å². The minimum atomic E-state index is -0.0854. The molecule has 0 radical (unpaired) electrons. The van der Waals surface area contributed by atoms with Gasteiger partial charge >= 0.3 is 0 Å². The summed E-state index contributed by atoms with van der Waals surface area (Å²) in [5.41, 5.74) is 0. The monoisotopic (exact) mass is 201 g/mol. The van der Waals surface area contributed by atoms with Gasteiger partial charge in [-0.15, -0.1) is 0 Å². The second-order valence-corrected chi connectivity index (χ2v) is 5.77. The molecule has 76 valence electrons. The van der Waals surface area contributed by atoms with E-state index in [1.165, 1.54) is 25.0 Å². The fraction of sp³-hybridized carbons (Fsp3) is 1.00. The van der Waals surface area contributed by atoms with Crippen LogP contribution in [0.25, 0.3) is 0 Å². The number of aliphatic hydroxyl groups excluding tert-OH is 1. The SMILES string of the molecule is CC1SCCC1NCC(O)C1CC1. The maximum Gasteiger partial charge on any atom is 0.0692 e. The fourth-order valence-electron chi connectivity index (χ4n) is 1.92. The van der Waals surface area contributed by atoms with Crippen LogP contribution in [0.4, 0.5) is 0 Å². The molecule has 1 saturated heterocycles. The van der Waals surface area contributed by atoms with Crippen LogP contribution in [0.15, 0.2) is 0 Å². The van der Waals surface area contributed by atoms with Crippen molar-refractivity contribution in [2.24, 2.45) is 5.92 Å². The van der Waals surface area contributed by atoms with Gasteiger partial charge in [0, 0.05) is 17.8 Å². The molecule has 1 aliphatic heterocycles. The van der Waals surface area contributed by atoms with Gasteiger partial charge in [-0.25, -0.2) is 0 Å². The maximum atomic E-state index is 9.67. The molecule has 2 rings (SSSR count). The standard InChI is InChI=1S/C10H19NOS/c1-7-9(4-5-13-7)11-6-10(12)8-2-3-8/h7-12H,2-6H2,1H3. The van der Waals surface area contributed by atoms with Gasteiger partial charge in [0.25, 0.3) is 0 Å². The Balaban J connectivity index is 1.66. The van der Waals surface area contributed by atoms with E-state index in [1.807, 2.05) is 11.8 Å². The van der Waals surface area contributed by atoms with E-state index in [4.69, 9.17) is 0 Å². The molecule has 3 heteroatoms. The summed E-state index contributed by atoms with van der Waals surface area (Å²) in [6.07, 6.45) is 3.65. The molecule has 3 atom stereocenters. The van der Waals surface area contributed by atoms with Crippen LogP contribution in [0.3, 0.4) is 0 Å². The van der Waals surface area contributed by atoms with Gasteiger partial charge in [0.05, 0.1) is 6.10 Å². The average Bonchev–Trinajstić information content (AvgIpc) is 2.88. The first-order valence-electron chi connectivity index (χ1n) is 5.30. The van der Waals surface area contributed by atoms with E-state index in [0.717, 1.165) is 11.8 Å². The molecule has 2 aliphatic rings. The quantitative estimate of drug-likeness (QED) is 0.718. The van der Waals surface area contributed by atoms with Gasteiger partial charge in [-0.05, 0) is 30.9 Å². The molecule has 0 aromatic carbocycles. The molecule has 1 aliphatic carbocycles. The van der Waals surface area contributed by atoms with Crippen molar-refractivity contribution < 1.29 is 5.11 Å². The Labute approximate surface area is 84.5 Å². The Morgan fingerprint density at radius 2 is 2.23 bits per heavy atom. The molecule has 2 fully saturated rings. The Kier molecular flexibility index (Phi) is 3.17. The average molecular weight is 201 g/mol. The zero-order valence-electron chi connectivity index (χ0n) is 8.20. The molecule has 1 saturated carbocycles. The third-order valence-corrected chi connectivity index (χ3v) is 4.46. The van der Waals surface area contributed by atoms with Gasteiger partial charge < -0.3 is 10.4 Å². The zero-order valence-corrected chi connectivity index (χ0v) is 9.02. The first-order chi connectivity index (χ1) is 6.27. The Morgan fingerprint density at radius 3 is 2.77 bits per heavy atom. The maximum absolute atomic E-state index is 9.67. The molecular weight excluding hydrogens is 182 g/mol. The number of hydrogen-bond acceptors (Lipinski definition) is 3. The number of hydrogen-bond donors (Lipinski definition) is 2. The van der Waals surface area contributed by atoms with E-state index in [-0.39, 0.29) is 6.10 Å². The summed E-state index contributed by atoms with van der Waals surface area (Å²) in [5, 5.41) is 13.9. The van der Waals surface area contributed by atoms with E-state index in [9.17, 15) is 5.11 Å². The summed E-state index contributed by atoms with van der Waals surface area (Å²) in [7, 11) is 0. The first kappa shape index (κ1) is 9.81. The molecule has 2 nitrogen and oxygen atoms in total. The van der Waals surface area contributed by atoms with Gasteiger partial charge in [0.1, 0.15) is 0 Å². The normalized spacial score (nSPS) is 36.5. The lowest BCUT2D eigenvalue weighted by molar-refractivity contribution is 0.144. The molecule has 0 aromatic rings. The van der Waals surface area contributed by atoms with Crippen molar-refractivity contribution in [3.8, 4) is 0 Å². The summed E-state index contributed by atoms with van der Waals surface area (Å²) in [4.78, 5) is 0. The molecule has 3 unspecified atom stereocenters. The third-order valence-electron chi connectivity index (χ3n) is 3.13. The van der Waals surface area contributed by atoms with E-state index in [1.54, 1.807) is 0 Å². The highest BCUT2D eigenvalue weighted by atomic mass is 32.2. The van der Waals surface area contributed by atoms with E-state index in [2.05, 4.69) is 12.2 Å². The van der Waals surface area contributed by atoms with Gasteiger partial charge in [0.2, 0.25) is 0 Å². The summed E-state index contributed by atoms with van der Waals surface area (Å²) >= 11 is 2.04. The summed E-state index contributed by atoms with van der Waals surface area (Å²) < 4.78 is 0. The topological polar surface area (TPSA) is 32.3 Å². The smallest absolute Gasteiger partial charge is 0.0692 e. The van der Waals surface area contributed by atoms with Crippen molar-refractivity contribution in [1.29, 1.82) is 0 Å². The number of thioether (sulfide) groups is 1. The lowest BCUT2D eigenvalue weighted by atomic mass is 10.1. The van der Waals surface area contributed by atoms with E-state index >= 15 is 0 Å². The van der Waals surface area contributed by atoms with Crippen molar-refractivity contribution in [1.82, 2.24) is 5.32 Å². The molecule has 1 heterocycles. The highest BCUT2D eigenvalue weighted by Crippen LogP contribution is 2.32. The van der Waals surface area contributed by atoms with Gasteiger partial charge in [-0.1, -0.05) is 6.92 Å². The Bertz CT molecular complexity index is 172. The molecule has 0 amide bonds. The van der Waals surface area contributed by atoms with Gasteiger partial charge in [0.15, 0.2) is 0 Å². The van der Waals surface area contributed by atoms with Crippen molar-refractivity contribution in [3.63, 3.8) is 0 Å². The lowest BCUT2D eigenvalue weighted by Gasteiger charge is -2.18. The lowest BCUT2D eigenvalue weighted by Crippen LogP contribution is -2.39. The van der Waals surface area contributed by atoms with E-state index in [0.29, 0.717) is 12.0 Å². The molecule has 0 aromatic heterocycles. The van der Waals surface area contributed by atoms with Crippen molar-refractivity contribution >= 4 is 11.8 Å². The van der Waals surface area contributed by atoms with E-state index < -0.39 is 0 Å². The minimum Gasteiger partial charge on any atom is -0.392 e. The van der Waals surface area contributed by atoms with Crippen molar-refractivity contribution in [2.45, 2.75) is 43.6 Å². The fourth-order valence-corrected chi connectivity index (χ4v) is 3.15. The highest BCUT2D eigenvalue weighted by molar-refractivity contribution is 8.00. The summed E-state index contributed by atoms with van der Waals surface area (Å²) in [6.45, 7) is 3.08. The Morgan fingerprint density at radius 1 is 1.46 bits per heavy atom. The van der Waals surface area contributed by atoms with Crippen LogP contribution < -0.4 is 5.32 Å². The third kappa shape index (κ3) is 2.61. The summed E-state index contributed by atoms with van der Waals surface area (Å²) in [5.74, 6) is 1.88. The highest BCUT2D eigenvalue weighted by Gasteiger charge is 2.31. The second kappa shape index (κ2) is 4.20. The van der Waals surface area contributed by atoms with Crippen LogP contribution in [-0.2, 0) is 0 Å². The van der Waals surface area contributed by atoms with Crippen LogP contribution in [0, 0.1) is 5.92 Å². The van der Waals surface area contributed by atoms with Crippen LogP contribution in [-0.4, -0.2) is 34.8 Å². The minimum absolute atomic E-state index is 0.0854.